The van der Waals surface area contributed by atoms with Gasteiger partial charge in [0.1, 0.15) is 5.69 Å². The third-order valence-corrected chi connectivity index (χ3v) is 4.78. The average molecular weight is 392 g/mol. The van der Waals surface area contributed by atoms with Crippen molar-refractivity contribution in [1.29, 1.82) is 0 Å². The lowest BCUT2D eigenvalue weighted by molar-refractivity contribution is -0.133. The zero-order valence-electron chi connectivity index (χ0n) is 16.1. The van der Waals surface area contributed by atoms with Gasteiger partial charge in [-0.15, -0.1) is 11.3 Å². The van der Waals surface area contributed by atoms with Crippen molar-refractivity contribution in [2.45, 2.75) is 40.3 Å². The summed E-state index contributed by atoms with van der Waals surface area (Å²) >= 11 is 1.55. The molecule has 0 fully saturated rings. The molecule has 7 nitrogen and oxygen atoms in total. The smallest absolute Gasteiger partial charge is 0.355 e. The molecule has 0 spiro atoms. The van der Waals surface area contributed by atoms with Crippen LogP contribution in [0.25, 0.3) is 0 Å². The number of nitrogens with zero attached hydrogens (tertiary/aromatic N) is 1. The van der Waals surface area contributed by atoms with E-state index in [0.29, 0.717) is 23.4 Å². The van der Waals surface area contributed by atoms with Gasteiger partial charge in [0.25, 0.3) is 5.91 Å². The molecule has 8 heteroatoms. The first-order chi connectivity index (χ1) is 12.7. The Morgan fingerprint density at radius 2 is 1.93 bits per heavy atom. The fourth-order valence-electron chi connectivity index (χ4n) is 2.57. The van der Waals surface area contributed by atoms with Gasteiger partial charge in [-0.3, -0.25) is 4.79 Å². The molecule has 2 heterocycles. The normalized spacial score (nSPS) is 10.7. The van der Waals surface area contributed by atoms with Crippen molar-refractivity contribution in [2.24, 2.45) is 0 Å². The molecule has 0 aliphatic rings. The van der Waals surface area contributed by atoms with Gasteiger partial charge in [-0.2, -0.15) is 0 Å². The number of rotatable bonds is 7. The molecule has 0 atom stereocenters. The number of aromatic amines is 1. The van der Waals surface area contributed by atoms with E-state index in [2.05, 4.69) is 4.98 Å². The predicted octanol–water partition coefficient (Wildman–Crippen LogP) is 3.07. The van der Waals surface area contributed by atoms with E-state index in [1.54, 1.807) is 46.1 Å². The number of hydrogen-bond acceptors (Lipinski definition) is 6. The number of ether oxygens (including phenoxy) is 2. The van der Waals surface area contributed by atoms with Crippen LogP contribution in [0.5, 0.6) is 0 Å². The Morgan fingerprint density at radius 1 is 1.22 bits per heavy atom. The van der Waals surface area contributed by atoms with Gasteiger partial charge in [0.15, 0.2) is 6.61 Å². The van der Waals surface area contributed by atoms with Crippen LogP contribution in [-0.4, -0.2) is 47.5 Å². The number of aromatic nitrogens is 1. The molecule has 0 aromatic carbocycles. The van der Waals surface area contributed by atoms with Crippen LogP contribution in [-0.2, 0) is 20.8 Å². The molecule has 2 rings (SSSR count). The maximum absolute atomic E-state index is 12.3. The zero-order chi connectivity index (χ0) is 20.1. The Labute approximate surface area is 162 Å². The Morgan fingerprint density at radius 3 is 2.52 bits per heavy atom. The largest absolute Gasteiger partial charge is 0.459 e. The van der Waals surface area contributed by atoms with Crippen molar-refractivity contribution in [3.8, 4) is 0 Å². The lowest BCUT2D eigenvalue weighted by Crippen LogP contribution is -2.30. The fraction of sp³-hybridized carbons (Fsp3) is 0.421. The Balaban J connectivity index is 1.99. The van der Waals surface area contributed by atoms with Crippen LogP contribution in [0, 0.1) is 13.8 Å². The maximum Gasteiger partial charge on any atom is 0.355 e. The SMILES string of the molecule is Cc1[nH]c(C(=O)OCC(=O)N(C)Cc2cccs2)c(C)c1C(=O)OC(C)C. The van der Waals surface area contributed by atoms with Crippen LogP contribution >= 0.6 is 11.3 Å². The fourth-order valence-corrected chi connectivity index (χ4v) is 3.32. The summed E-state index contributed by atoms with van der Waals surface area (Å²) < 4.78 is 10.3. The van der Waals surface area contributed by atoms with E-state index >= 15 is 0 Å². The Hall–Kier alpha value is -2.61. The molecule has 27 heavy (non-hydrogen) atoms. The number of aryl methyl sites for hydroxylation is 1. The molecule has 0 saturated carbocycles. The van der Waals surface area contributed by atoms with E-state index in [4.69, 9.17) is 9.47 Å². The summed E-state index contributed by atoms with van der Waals surface area (Å²) in [5.41, 5.74) is 1.43. The van der Waals surface area contributed by atoms with Crippen molar-refractivity contribution < 1.29 is 23.9 Å². The number of carbonyl (C=O) groups excluding carboxylic acids is 3. The molecule has 2 aromatic heterocycles. The van der Waals surface area contributed by atoms with E-state index in [0.717, 1.165) is 4.88 Å². The van der Waals surface area contributed by atoms with Crippen LogP contribution < -0.4 is 0 Å². The first-order valence-electron chi connectivity index (χ1n) is 8.54. The summed E-state index contributed by atoms with van der Waals surface area (Å²) in [5, 5.41) is 1.94. The first-order valence-corrected chi connectivity index (χ1v) is 9.42. The summed E-state index contributed by atoms with van der Waals surface area (Å²) in [6, 6.07) is 3.85. The van der Waals surface area contributed by atoms with Gasteiger partial charge in [-0.25, -0.2) is 9.59 Å². The summed E-state index contributed by atoms with van der Waals surface area (Å²) in [6.45, 7) is 6.91. The lowest BCUT2D eigenvalue weighted by Gasteiger charge is -2.16. The molecule has 0 aliphatic carbocycles. The minimum absolute atomic E-state index is 0.150. The summed E-state index contributed by atoms with van der Waals surface area (Å²) in [7, 11) is 1.65. The van der Waals surface area contributed by atoms with Gasteiger partial charge in [0, 0.05) is 17.6 Å². The first kappa shape index (κ1) is 20.7. The number of thiophene rings is 1. The van der Waals surface area contributed by atoms with E-state index in [-0.39, 0.29) is 24.3 Å². The molecule has 1 amide bonds. The van der Waals surface area contributed by atoms with Gasteiger partial charge in [-0.05, 0) is 44.7 Å². The maximum atomic E-state index is 12.3. The standard InChI is InChI=1S/C19H24N2O5S/c1-11(2)26-18(23)16-12(3)17(20-13(16)4)19(24)25-10-15(22)21(5)9-14-7-6-8-27-14/h6-8,11,20H,9-10H2,1-5H3. The lowest BCUT2D eigenvalue weighted by atomic mass is 10.1. The van der Waals surface area contributed by atoms with Crippen molar-refractivity contribution in [3.63, 3.8) is 0 Å². The van der Waals surface area contributed by atoms with Gasteiger partial charge < -0.3 is 19.4 Å². The summed E-state index contributed by atoms with van der Waals surface area (Å²) in [4.78, 5) is 42.1. The van der Waals surface area contributed by atoms with Crippen molar-refractivity contribution in [2.75, 3.05) is 13.7 Å². The van der Waals surface area contributed by atoms with E-state index in [9.17, 15) is 14.4 Å². The van der Waals surface area contributed by atoms with E-state index in [1.807, 2.05) is 17.5 Å². The molecule has 0 aliphatic heterocycles. The summed E-state index contributed by atoms with van der Waals surface area (Å²) in [5.74, 6) is -1.49. The molecule has 1 N–H and O–H groups in total. The van der Waals surface area contributed by atoms with E-state index < -0.39 is 11.9 Å². The zero-order valence-corrected chi connectivity index (χ0v) is 16.9. The van der Waals surface area contributed by atoms with Crippen LogP contribution in [0.1, 0.15) is 50.8 Å². The molecular formula is C19H24N2O5S. The second-order valence-electron chi connectivity index (χ2n) is 6.48. The molecule has 2 aromatic rings. The highest BCUT2D eigenvalue weighted by Gasteiger charge is 2.25. The van der Waals surface area contributed by atoms with Crippen molar-refractivity contribution in [1.82, 2.24) is 9.88 Å². The minimum Gasteiger partial charge on any atom is -0.459 e. The average Bonchev–Trinajstić information content (AvgIpc) is 3.19. The van der Waals surface area contributed by atoms with Gasteiger partial charge in [0.2, 0.25) is 0 Å². The van der Waals surface area contributed by atoms with Crippen LogP contribution in [0.3, 0.4) is 0 Å². The molecule has 146 valence electrons. The van der Waals surface area contributed by atoms with Crippen LogP contribution in [0.4, 0.5) is 0 Å². The highest BCUT2D eigenvalue weighted by molar-refractivity contribution is 7.09. The van der Waals surface area contributed by atoms with Crippen molar-refractivity contribution in [3.05, 3.63) is 44.9 Å². The van der Waals surface area contributed by atoms with Gasteiger partial charge in [-0.1, -0.05) is 6.07 Å². The Bertz CT molecular complexity index is 824. The molecule has 0 saturated heterocycles. The van der Waals surface area contributed by atoms with Crippen molar-refractivity contribution >= 4 is 29.2 Å². The number of likely N-dealkylation sites (N-methyl/N-ethyl adjacent to an activating group) is 1. The Kier molecular flexibility index (Phi) is 6.79. The molecule has 0 bridgehead atoms. The van der Waals surface area contributed by atoms with Gasteiger partial charge >= 0.3 is 11.9 Å². The molecule has 0 unspecified atom stereocenters. The number of hydrogen-bond donors (Lipinski definition) is 1. The van der Waals surface area contributed by atoms with Gasteiger partial charge in [0.05, 0.1) is 18.2 Å². The monoisotopic (exact) mass is 392 g/mol. The van der Waals surface area contributed by atoms with Crippen LogP contribution in [0.2, 0.25) is 0 Å². The summed E-state index contributed by atoms with van der Waals surface area (Å²) in [6.07, 6.45) is -0.266. The number of esters is 2. The minimum atomic E-state index is -0.683. The number of carbonyl (C=O) groups is 3. The highest BCUT2D eigenvalue weighted by Crippen LogP contribution is 2.20. The third-order valence-electron chi connectivity index (χ3n) is 3.91. The number of amides is 1. The van der Waals surface area contributed by atoms with Crippen LogP contribution in [0.15, 0.2) is 17.5 Å². The topological polar surface area (TPSA) is 88.7 Å². The number of H-pyrrole nitrogens is 1. The number of nitrogens with one attached hydrogen (secondary N) is 1. The second-order valence-corrected chi connectivity index (χ2v) is 7.52. The molecule has 0 radical (unpaired) electrons. The quantitative estimate of drug-likeness (QED) is 0.732. The highest BCUT2D eigenvalue weighted by atomic mass is 32.1. The molecular weight excluding hydrogens is 368 g/mol. The second kappa shape index (κ2) is 8.85. The third kappa shape index (κ3) is 5.19. The predicted molar refractivity (Wildman–Crippen MR) is 102 cm³/mol. The van der Waals surface area contributed by atoms with E-state index in [1.165, 1.54) is 4.90 Å².